The molecule has 70 heavy (non-hydrogen) atoms. The second kappa shape index (κ2) is 22.7. The van der Waals surface area contributed by atoms with Gasteiger partial charge in [0, 0.05) is 56.3 Å². The number of amides is 2. The summed E-state index contributed by atoms with van der Waals surface area (Å²) in [5.41, 5.74) is 8.49. The number of halogens is 5. The molecule has 372 valence electrons. The van der Waals surface area contributed by atoms with E-state index in [9.17, 15) is 28.0 Å². The first-order valence-corrected chi connectivity index (χ1v) is 22.9. The van der Waals surface area contributed by atoms with Crippen molar-refractivity contribution in [2.45, 2.75) is 110 Å². The number of nitrogens with one attached hydrogen (secondary N) is 2. The Balaban J connectivity index is 0.000000218. The Morgan fingerprint density at radius 2 is 1.13 bits per heavy atom. The predicted octanol–water partition coefficient (Wildman–Crippen LogP) is 11.3. The average molecular weight is 1030 g/mol. The maximum absolute atomic E-state index is 14.5. The molecule has 2 atom stereocenters. The van der Waals surface area contributed by atoms with Crippen LogP contribution in [0.1, 0.15) is 144 Å². The number of aromatic carboxylic acids is 1. The molecule has 16 nitrogen and oxygen atoms in total. The summed E-state index contributed by atoms with van der Waals surface area (Å²) in [6.45, 7) is 15.1. The average Bonchev–Trinajstić information content (AvgIpc) is 4.20. The highest BCUT2D eigenvalue weighted by molar-refractivity contribution is 6.32. The van der Waals surface area contributed by atoms with Crippen LogP contribution in [0.4, 0.5) is 20.4 Å². The lowest BCUT2D eigenvalue weighted by Gasteiger charge is -2.14. The number of rotatable bonds is 12. The number of carboxylic acid groups (broad SMARTS) is 1. The normalized spacial score (nSPS) is 14.1. The maximum atomic E-state index is 14.5. The van der Waals surface area contributed by atoms with E-state index in [-0.39, 0.29) is 88.3 Å². The summed E-state index contributed by atoms with van der Waals surface area (Å²) in [5, 5.41) is 21.9. The van der Waals surface area contributed by atoms with E-state index in [1.807, 2.05) is 55.4 Å². The van der Waals surface area contributed by atoms with Crippen molar-refractivity contribution in [3.8, 4) is 22.3 Å². The topological polar surface area (TPSA) is 242 Å². The summed E-state index contributed by atoms with van der Waals surface area (Å²) in [6.07, 6.45) is 5.85. The Hall–Kier alpha value is -6.21. The Kier molecular flexibility index (Phi) is 17.7. The number of ketones is 1. The fourth-order valence-electron chi connectivity index (χ4n) is 6.50. The summed E-state index contributed by atoms with van der Waals surface area (Å²) in [6, 6.07) is 13.2. The molecule has 4 aromatic heterocycles. The van der Waals surface area contributed by atoms with Crippen molar-refractivity contribution >= 4 is 70.8 Å². The zero-order valence-electron chi connectivity index (χ0n) is 39.7. The molecule has 2 aromatic carbocycles. The molecule has 8 rings (SSSR count). The fourth-order valence-corrected chi connectivity index (χ4v) is 7.22. The van der Waals surface area contributed by atoms with Crippen molar-refractivity contribution < 1.29 is 42.1 Å². The monoisotopic (exact) mass is 1020 g/mol. The lowest BCUT2D eigenvalue weighted by atomic mass is 9.93. The summed E-state index contributed by atoms with van der Waals surface area (Å²) in [5.74, 6) is -1.62. The molecular formula is C49H54Cl3F2N9O7. The third kappa shape index (κ3) is 14.4. The van der Waals surface area contributed by atoms with Gasteiger partial charge in [-0.2, -0.15) is 9.97 Å². The van der Waals surface area contributed by atoms with Crippen molar-refractivity contribution in [2.75, 3.05) is 10.6 Å². The van der Waals surface area contributed by atoms with Crippen LogP contribution in [0.15, 0.2) is 70.0 Å². The predicted molar refractivity (Wildman–Crippen MR) is 262 cm³/mol. The molecule has 2 amide bonds. The molecule has 2 aliphatic carbocycles. The molecule has 0 bridgehead atoms. The molecule has 0 saturated heterocycles. The number of aromatic nitrogens is 6. The Labute approximate surface area is 419 Å². The lowest BCUT2D eigenvalue weighted by Crippen LogP contribution is -2.14. The fraction of sp³-hybridized carbons (Fsp3) is 0.388. The zero-order valence-corrected chi connectivity index (χ0v) is 42.0. The van der Waals surface area contributed by atoms with E-state index in [4.69, 9.17) is 43.1 Å². The molecule has 0 spiro atoms. The van der Waals surface area contributed by atoms with E-state index in [0.29, 0.717) is 50.2 Å². The standard InChI is InChI=1S/C25H26ClFN4O3.C17H17ClFN3O.C7H10N2O3.ClH/c1-13(9-20(32)22-30-24(34-31-22)25(2,3)4)16-8-7-15(10-18(16)26)17-11-21(28-12-19(17)27)29-23(33)14-5-6-14;1-9(20)12-5-4-11(6-14(12)18)13-7-16(21-8-15(13)19)22-17(23)10-2-3-10;1-7(2,3)6-8-4(5(10)11)9-12-6;/h7-8,10-14H,5-6,9H2,1-4H3,(H,28,29,33);4-10H,2-3,20H2,1H3,(H,21,22,23);1-3H3,(H,10,11);1H/t13-;9-;;/m01../s1. The highest BCUT2D eigenvalue weighted by Crippen LogP contribution is 2.36. The van der Waals surface area contributed by atoms with Crippen LogP contribution < -0.4 is 16.4 Å². The number of pyridine rings is 2. The van der Waals surface area contributed by atoms with E-state index >= 15 is 0 Å². The second-order valence-corrected chi connectivity index (χ2v) is 19.9. The van der Waals surface area contributed by atoms with Gasteiger partial charge in [-0.05, 0) is 90.2 Å². The number of carboxylic acids is 1. The number of hydrogen-bond acceptors (Lipinski definition) is 13. The third-order valence-corrected chi connectivity index (χ3v) is 11.5. The zero-order chi connectivity index (χ0) is 50.5. The van der Waals surface area contributed by atoms with Crippen LogP contribution in [-0.4, -0.2) is 58.9 Å². The first-order chi connectivity index (χ1) is 32.4. The van der Waals surface area contributed by atoms with Gasteiger partial charge in [-0.25, -0.2) is 23.5 Å². The van der Waals surface area contributed by atoms with E-state index in [2.05, 4.69) is 40.9 Å². The van der Waals surface area contributed by atoms with Gasteiger partial charge in [-0.3, -0.25) is 14.4 Å². The van der Waals surface area contributed by atoms with Crippen molar-refractivity contribution in [1.29, 1.82) is 0 Å². The van der Waals surface area contributed by atoms with Gasteiger partial charge in [0.15, 0.2) is 0 Å². The van der Waals surface area contributed by atoms with E-state index in [0.717, 1.165) is 49.2 Å². The van der Waals surface area contributed by atoms with Crippen LogP contribution in [0.25, 0.3) is 22.3 Å². The van der Waals surface area contributed by atoms with Crippen molar-refractivity contribution in [1.82, 2.24) is 30.2 Å². The van der Waals surface area contributed by atoms with Gasteiger partial charge in [0.25, 0.3) is 5.82 Å². The molecule has 5 N–H and O–H groups in total. The van der Waals surface area contributed by atoms with Crippen LogP contribution in [0.5, 0.6) is 0 Å². The number of hydrogen-bond donors (Lipinski definition) is 4. The minimum atomic E-state index is -1.17. The molecular weight excluding hydrogens is 971 g/mol. The van der Waals surface area contributed by atoms with E-state index in [1.54, 1.807) is 36.4 Å². The summed E-state index contributed by atoms with van der Waals surface area (Å²) < 4.78 is 38.6. The number of nitrogens with zero attached hydrogens (tertiary/aromatic N) is 6. The van der Waals surface area contributed by atoms with Gasteiger partial charge >= 0.3 is 5.97 Å². The van der Waals surface area contributed by atoms with Gasteiger partial charge in [0.05, 0.1) is 12.4 Å². The van der Waals surface area contributed by atoms with Crippen molar-refractivity contribution in [3.05, 3.63) is 117 Å². The number of Topliss-reactive ketones (excluding diaryl/α,β-unsaturated/α-hetero) is 1. The molecule has 21 heteroatoms. The van der Waals surface area contributed by atoms with Gasteiger partial charge < -0.3 is 30.5 Å². The quantitative estimate of drug-likeness (QED) is 0.0834. The molecule has 2 aliphatic rings. The third-order valence-electron chi connectivity index (χ3n) is 10.8. The van der Waals surface area contributed by atoms with E-state index in [1.165, 1.54) is 12.1 Å². The lowest BCUT2D eigenvalue weighted by molar-refractivity contribution is -0.118. The number of nitrogens with two attached hydrogens (primary N) is 1. The highest BCUT2D eigenvalue weighted by Gasteiger charge is 2.31. The van der Waals surface area contributed by atoms with Crippen LogP contribution in [-0.2, 0) is 20.4 Å². The van der Waals surface area contributed by atoms with Crippen LogP contribution in [0, 0.1) is 23.5 Å². The van der Waals surface area contributed by atoms with Gasteiger partial charge in [0.2, 0.25) is 35.2 Å². The van der Waals surface area contributed by atoms with Crippen LogP contribution in [0.2, 0.25) is 10.0 Å². The van der Waals surface area contributed by atoms with Gasteiger partial charge in [-0.1, -0.05) is 101 Å². The second-order valence-electron chi connectivity index (χ2n) is 19.1. The molecule has 2 fully saturated rings. The minimum Gasteiger partial charge on any atom is -0.475 e. The molecule has 0 unspecified atom stereocenters. The minimum absolute atomic E-state index is 0. The van der Waals surface area contributed by atoms with Crippen molar-refractivity contribution in [2.24, 2.45) is 17.6 Å². The largest absolute Gasteiger partial charge is 0.475 e. The van der Waals surface area contributed by atoms with Crippen LogP contribution in [0.3, 0.4) is 0 Å². The molecule has 0 radical (unpaired) electrons. The number of anilines is 2. The SMILES string of the molecule is CC(C)(C)c1nc(C(=O)O)no1.C[C@@H](CC(=O)c1noc(C(C)(C)C)n1)c1ccc(-c2cc(NC(=O)C3CC3)ncc2F)cc1Cl.C[C@@H](N)c1ccc(-c2cc(NC(=O)C3CC3)ncc2F)cc1Cl.Cl. The van der Waals surface area contributed by atoms with E-state index < -0.39 is 17.6 Å². The Morgan fingerprint density at radius 1 is 0.714 bits per heavy atom. The van der Waals surface area contributed by atoms with Gasteiger partial charge in [-0.15, -0.1) is 12.4 Å². The summed E-state index contributed by atoms with van der Waals surface area (Å²) in [7, 11) is 0. The smallest absolute Gasteiger partial charge is 0.377 e. The summed E-state index contributed by atoms with van der Waals surface area (Å²) >= 11 is 12.7. The Morgan fingerprint density at radius 3 is 1.49 bits per heavy atom. The number of benzene rings is 2. The van der Waals surface area contributed by atoms with Crippen LogP contribution >= 0.6 is 35.6 Å². The van der Waals surface area contributed by atoms with Crippen molar-refractivity contribution in [3.63, 3.8) is 0 Å². The first-order valence-electron chi connectivity index (χ1n) is 22.1. The number of carbonyl (C=O) groups is 4. The molecule has 4 heterocycles. The summed E-state index contributed by atoms with van der Waals surface area (Å²) in [4.78, 5) is 62.7. The Bertz CT molecular complexity index is 2870. The van der Waals surface area contributed by atoms with Gasteiger partial charge in [0.1, 0.15) is 23.3 Å². The molecule has 0 aliphatic heterocycles. The number of carbonyl (C=O) groups excluding carboxylic acids is 3. The molecule has 6 aromatic rings. The first kappa shape index (κ1) is 54.7. The molecule has 2 saturated carbocycles. The highest BCUT2D eigenvalue weighted by atomic mass is 35.5. The maximum Gasteiger partial charge on any atom is 0.377 e.